The molecule has 0 aliphatic rings. The van der Waals surface area contributed by atoms with Gasteiger partial charge in [-0.2, -0.15) is 5.10 Å². The van der Waals surface area contributed by atoms with E-state index in [0.29, 0.717) is 34.3 Å². The lowest BCUT2D eigenvalue weighted by Crippen LogP contribution is -2.12. The standard InChI is InChI=1S/C14H15ClN2O3/c1-4-17-13(12(20-3)8-16-17)14(18)10-7-9(15)5-6-11(10)19-2/h5-8H,4H2,1-3H3. The van der Waals surface area contributed by atoms with Gasteiger partial charge in [0.25, 0.3) is 0 Å². The van der Waals surface area contributed by atoms with Crippen LogP contribution in [0.1, 0.15) is 23.0 Å². The molecule has 0 aliphatic carbocycles. The van der Waals surface area contributed by atoms with Crippen LogP contribution in [0, 0.1) is 0 Å². The van der Waals surface area contributed by atoms with Gasteiger partial charge in [0.1, 0.15) is 5.75 Å². The first-order chi connectivity index (χ1) is 9.62. The fourth-order valence-electron chi connectivity index (χ4n) is 1.97. The Balaban J connectivity index is 2.56. The number of hydrogen-bond acceptors (Lipinski definition) is 4. The summed E-state index contributed by atoms with van der Waals surface area (Å²) < 4.78 is 12.0. The molecule has 1 aromatic carbocycles. The van der Waals surface area contributed by atoms with Gasteiger partial charge in [0, 0.05) is 11.6 Å². The number of halogens is 1. The zero-order valence-corrected chi connectivity index (χ0v) is 12.3. The van der Waals surface area contributed by atoms with Gasteiger partial charge < -0.3 is 9.47 Å². The molecule has 0 fully saturated rings. The third-order valence-corrected chi connectivity index (χ3v) is 3.18. The van der Waals surface area contributed by atoms with Crippen molar-refractivity contribution in [3.8, 4) is 11.5 Å². The molecule has 0 unspecified atom stereocenters. The second-order valence-corrected chi connectivity index (χ2v) is 4.49. The maximum absolute atomic E-state index is 12.7. The molecule has 2 aromatic rings. The van der Waals surface area contributed by atoms with Gasteiger partial charge >= 0.3 is 0 Å². The molecule has 0 spiro atoms. The lowest BCUT2D eigenvalue weighted by atomic mass is 10.1. The zero-order chi connectivity index (χ0) is 14.7. The largest absolute Gasteiger partial charge is 0.496 e. The van der Waals surface area contributed by atoms with Crippen LogP contribution in [0.4, 0.5) is 0 Å². The van der Waals surface area contributed by atoms with Crippen molar-refractivity contribution >= 4 is 17.4 Å². The molecule has 0 saturated heterocycles. The molecular formula is C14H15ClN2O3. The highest BCUT2D eigenvalue weighted by atomic mass is 35.5. The van der Waals surface area contributed by atoms with Crippen LogP contribution in [0.2, 0.25) is 5.02 Å². The van der Waals surface area contributed by atoms with Gasteiger partial charge in [-0.25, -0.2) is 0 Å². The zero-order valence-electron chi connectivity index (χ0n) is 11.5. The topological polar surface area (TPSA) is 53.4 Å². The first-order valence-corrected chi connectivity index (χ1v) is 6.48. The molecule has 0 saturated carbocycles. The van der Waals surface area contributed by atoms with Crippen molar-refractivity contribution in [1.29, 1.82) is 0 Å². The summed E-state index contributed by atoms with van der Waals surface area (Å²) in [6.45, 7) is 2.46. The van der Waals surface area contributed by atoms with Crippen LogP contribution in [-0.4, -0.2) is 29.8 Å². The second-order valence-electron chi connectivity index (χ2n) is 4.05. The summed E-state index contributed by atoms with van der Waals surface area (Å²) in [6, 6.07) is 4.91. The molecule has 5 nitrogen and oxygen atoms in total. The van der Waals surface area contributed by atoms with E-state index < -0.39 is 0 Å². The fraction of sp³-hybridized carbons (Fsp3) is 0.286. The summed E-state index contributed by atoms with van der Waals surface area (Å²) >= 11 is 5.97. The van der Waals surface area contributed by atoms with E-state index in [9.17, 15) is 4.79 Å². The number of benzene rings is 1. The molecule has 106 valence electrons. The van der Waals surface area contributed by atoms with Crippen molar-refractivity contribution < 1.29 is 14.3 Å². The Kier molecular flexibility index (Phi) is 4.29. The minimum atomic E-state index is -0.236. The highest BCUT2D eigenvalue weighted by molar-refractivity contribution is 6.31. The molecule has 0 atom stereocenters. The second kappa shape index (κ2) is 5.96. The molecule has 0 amide bonds. The van der Waals surface area contributed by atoms with Crippen LogP contribution in [0.25, 0.3) is 0 Å². The van der Waals surface area contributed by atoms with Crippen molar-refractivity contribution in [2.75, 3.05) is 14.2 Å². The molecule has 1 aromatic heterocycles. The van der Waals surface area contributed by atoms with Gasteiger partial charge in [-0.15, -0.1) is 0 Å². The minimum absolute atomic E-state index is 0.236. The summed E-state index contributed by atoms with van der Waals surface area (Å²) in [5.74, 6) is 0.657. The Labute approximate surface area is 122 Å². The van der Waals surface area contributed by atoms with E-state index in [-0.39, 0.29) is 5.78 Å². The monoisotopic (exact) mass is 294 g/mol. The quantitative estimate of drug-likeness (QED) is 0.796. The van der Waals surface area contributed by atoms with Gasteiger partial charge in [-0.3, -0.25) is 9.48 Å². The van der Waals surface area contributed by atoms with Crippen LogP contribution in [0.3, 0.4) is 0 Å². The molecule has 0 bridgehead atoms. The Bertz CT molecular complexity index is 616. The van der Waals surface area contributed by atoms with Crippen LogP contribution in [0.5, 0.6) is 11.5 Å². The molecule has 2 rings (SSSR count). The van der Waals surface area contributed by atoms with Crippen molar-refractivity contribution in [3.63, 3.8) is 0 Å². The van der Waals surface area contributed by atoms with Gasteiger partial charge in [0.05, 0.1) is 26.0 Å². The molecule has 0 N–H and O–H groups in total. The average Bonchev–Trinajstić information content (AvgIpc) is 2.89. The summed E-state index contributed by atoms with van der Waals surface area (Å²) in [5, 5.41) is 4.60. The number of nitrogens with zero attached hydrogens (tertiary/aromatic N) is 2. The molecule has 1 heterocycles. The summed E-state index contributed by atoms with van der Waals surface area (Å²) in [6.07, 6.45) is 1.52. The summed E-state index contributed by atoms with van der Waals surface area (Å²) in [5.41, 5.74) is 0.768. The Morgan fingerprint density at radius 2 is 2.00 bits per heavy atom. The molecular weight excluding hydrogens is 280 g/mol. The van der Waals surface area contributed by atoms with Crippen LogP contribution < -0.4 is 9.47 Å². The number of ether oxygens (including phenoxy) is 2. The number of aryl methyl sites for hydroxylation is 1. The highest BCUT2D eigenvalue weighted by Gasteiger charge is 2.23. The van der Waals surface area contributed by atoms with E-state index in [1.807, 2.05) is 6.92 Å². The third-order valence-electron chi connectivity index (χ3n) is 2.95. The number of carbonyl (C=O) groups is 1. The fourth-order valence-corrected chi connectivity index (χ4v) is 2.14. The van der Waals surface area contributed by atoms with E-state index in [1.54, 1.807) is 22.9 Å². The van der Waals surface area contributed by atoms with Gasteiger partial charge in [-0.1, -0.05) is 11.6 Å². The van der Waals surface area contributed by atoms with Gasteiger partial charge in [-0.05, 0) is 25.1 Å². The van der Waals surface area contributed by atoms with Gasteiger partial charge in [0.2, 0.25) is 5.78 Å². The SMILES string of the molecule is CCn1ncc(OC)c1C(=O)c1cc(Cl)ccc1OC. The average molecular weight is 295 g/mol. The maximum Gasteiger partial charge on any atom is 0.218 e. The minimum Gasteiger partial charge on any atom is -0.496 e. The maximum atomic E-state index is 12.7. The molecule has 0 radical (unpaired) electrons. The van der Waals surface area contributed by atoms with Crippen molar-refractivity contribution in [2.24, 2.45) is 0 Å². The molecule has 6 heteroatoms. The van der Waals surface area contributed by atoms with Crippen LogP contribution >= 0.6 is 11.6 Å². The van der Waals surface area contributed by atoms with E-state index in [2.05, 4.69) is 5.10 Å². The van der Waals surface area contributed by atoms with E-state index >= 15 is 0 Å². The lowest BCUT2D eigenvalue weighted by molar-refractivity contribution is 0.102. The Morgan fingerprint density at radius 1 is 1.30 bits per heavy atom. The Morgan fingerprint density at radius 3 is 2.60 bits per heavy atom. The highest BCUT2D eigenvalue weighted by Crippen LogP contribution is 2.28. The Hall–Kier alpha value is -2.01. The van der Waals surface area contributed by atoms with Gasteiger partial charge in [0.15, 0.2) is 11.4 Å². The van der Waals surface area contributed by atoms with E-state index in [0.717, 1.165) is 0 Å². The van der Waals surface area contributed by atoms with E-state index in [4.69, 9.17) is 21.1 Å². The first-order valence-electron chi connectivity index (χ1n) is 6.10. The predicted octanol–water partition coefficient (Wildman–Crippen LogP) is 2.80. The van der Waals surface area contributed by atoms with Crippen LogP contribution in [0.15, 0.2) is 24.4 Å². The number of rotatable bonds is 5. The lowest BCUT2D eigenvalue weighted by Gasteiger charge is -2.10. The predicted molar refractivity (Wildman–Crippen MR) is 75.9 cm³/mol. The van der Waals surface area contributed by atoms with E-state index in [1.165, 1.54) is 20.4 Å². The smallest absolute Gasteiger partial charge is 0.218 e. The number of methoxy groups -OCH3 is 2. The normalized spacial score (nSPS) is 10.4. The summed E-state index contributed by atoms with van der Waals surface area (Å²) in [4.78, 5) is 12.7. The van der Waals surface area contributed by atoms with Crippen molar-refractivity contribution in [1.82, 2.24) is 9.78 Å². The van der Waals surface area contributed by atoms with Crippen molar-refractivity contribution in [2.45, 2.75) is 13.5 Å². The third kappa shape index (κ3) is 2.49. The van der Waals surface area contributed by atoms with Crippen molar-refractivity contribution in [3.05, 3.63) is 40.7 Å². The first kappa shape index (κ1) is 14.4. The number of ketones is 1. The molecule has 20 heavy (non-hydrogen) atoms. The number of hydrogen-bond donors (Lipinski definition) is 0. The number of carbonyl (C=O) groups excluding carboxylic acids is 1. The summed E-state index contributed by atoms with van der Waals surface area (Å²) in [7, 11) is 3.01. The number of aromatic nitrogens is 2. The van der Waals surface area contributed by atoms with Crippen LogP contribution in [-0.2, 0) is 6.54 Å². The molecule has 0 aliphatic heterocycles.